The molecule has 78 valence electrons. The van der Waals surface area contributed by atoms with Crippen LogP contribution in [0.2, 0.25) is 0 Å². The molecule has 5 heteroatoms. The van der Waals surface area contributed by atoms with Gasteiger partial charge in [0.25, 0.3) is 0 Å². The number of hydrogen-bond donors (Lipinski definition) is 1. The van der Waals surface area contributed by atoms with Crippen LogP contribution in [0.1, 0.15) is 13.3 Å². The van der Waals surface area contributed by atoms with Gasteiger partial charge in [-0.25, -0.2) is 0 Å². The Balaban J connectivity index is 3.44. The monoisotopic (exact) mass is 222 g/mol. The first-order chi connectivity index (χ1) is 7.08. The molecule has 2 N–H and O–H groups in total. The Kier molecular flexibility index (Phi) is 3.36. The molecule has 0 aromatic carbocycles. The summed E-state index contributed by atoms with van der Waals surface area (Å²) in [6.45, 7) is 1.87. The second-order valence-corrected chi connectivity index (χ2v) is 3.55. The molecule has 1 rings (SSSR count). The quantitative estimate of drug-likeness (QED) is 0.681. The van der Waals surface area contributed by atoms with Gasteiger partial charge >= 0.3 is 0 Å². The van der Waals surface area contributed by atoms with Gasteiger partial charge in [-0.05, 0) is 12.0 Å². The first-order valence-corrected chi connectivity index (χ1v) is 4.88. The van der Waals surface area contributed by atoms with Crippen molar-refractivity contribution >= 4 is 11.6 Å². The van der Waals surface area contributed by atoms with Crippen molar-refractivity contribution in [1.82, 2.24) is 4.90 Å². The molecule has 1 unspecified atom stereocenters. The predicted molar refractivity (Wildman–Crippen MR) is 57.2 cm³/mol. The summed E-state index contributed by atoms with van der Waals surface area (Å²) in [7, 11) is 1.66. The largest absolute Gasteiger partial charge is 0.344 e. The smallest absolute Gasteiger partial charge is 0.124 e. The van der Waals surface area contributed by atoms with E-state index in [0.717, 1.165) is 0 Å². The molecule has 1 aliphatic rings. The summed E-state index contributed by atoms with van der Waals surface area (Å²) in [6, 6.07) is 4.05. The van der Waals surface area contributed by atoms with E-state index in [2.05, 4.69) is 0 Å². The third-order valence-corrected chi connectivity index (χ3v) is 2.90. The highest BCUT2D eigenvalue weighted by Gasteiger charge is 2.29. The molecule has 0 fully saturated rings. The summed E-state index contributed by atoms with van der Waals surface area (Å²) in [5.41, 5.74) is 7.24. The number of nitrogens with zero attached hydrogens (tertiary/aromatic N) is 3. The molecule has 0 aromatic rings. The summed E-state index contributed by atoms with van der Waals surface area (Å²) >= 11 is 5.98. The highest BCUT2D eigenvalue weighted by Crippen LogP contribution is 2.32. The first-order valence-electron chi connectivity index (χ1n) is 4.50. The summed E-state index contributed by atoms with van der Waals surface area (Å²) in [6.07, 6.45) is 0.0124. The van der Waals surface area contributed by atoms with Crippen LogP contribution in [0, 0.1) is 22.7 Å². The lowest BCUT2D eigenvalue weighted by molar-refractivity contribution is 0.362. The molecule has 0 saturated heterocycles. The minimum Gasteiger partial charge on any atom is -0.344 e. The van der Waals surface area contributed by atoms with Crippen LogP contribution in [0.5, 0.6) is 0 Å². The van der Waals surface area contributed by atoms with E-state index >= 15 is 0 Å². The maximum absolute atomic E-state index is 8.99. The van der Waals surface area contributed by atoms with Crippen LogP contribution >= 0.6 is 11.6 Å². The number of nitriles is 2. The Morgan fingerprint density at radius 1 is 1.47 bits per heavy atom. The van der Waals surface area contributed by atoms with Gasteiger partial charge in [-0.3, -0.25) is 0 Å². The van der Waals surface area contributed by atoms with E-state index in [9.17, 15) is 0 Å². The predicted octanol–water partition coefficient (Wildman–Crippen LogP) is 1.42. The second kappa shape index (κ2) is 4.35. The molecule has 0 radical (unpaired) electrons. The van der Waals surface area contributed by atoms with Crippen molar-refractivity contribution in [2.24, 2.45) is 5.73 Å². The molecular formula is C10H11ClN4. The van der Waals surface area contributed by atoms with Crippen molar-refractivity contribution in [2.45, 2.75) is 19.5 Å². The van der Waals surface area contributed by atoms with Gasteiger partial charge in [0.2, 0.25) is 0 Å². The number of halogens is 1. The number of rotatable bonds is 1. The summed E-state index contributed by atoms with van der Waals surface area (Å²) in [5, 5.41) is 18.3. The van der Waals surface area contributed by atoms with Gasteiger partial charge in [-0.15, -0.1) is 0 Å². The van der Waals surface area contributed by atoms with E-state index in [-0.39, 0.29) is 0 Å². The van der Waals surface area contributed by atoms with Gasteiger partial charge in [-0.1, -0.05) is 18.5 Å². The van der Waals surface area contributed by atoms with Gasteiger partial charge in [0.15, 0.2) is 0 Å². The van der Waals surface area contributed by atoms with E-state index in [4.69, 9.17) is 27.9 Å². The molecule has 4 nitrogen and oxygen atoms in total. The molecular weight excluding hydrogens is 212 g/mol. The van der Waals surface area contributed by atoms with Crippen molar-refractivity contribution < 1.29 is 0 Å². The number of hydrogen-bond acceptors (Lipinski definition) is 4. The lowest BCUT2D eigenvalue weighted by Gasteiger charge is -2.31. The molecule has 0 aliphatic carbocycles. The van der Waals surface area contributed by atoms with E-state index in [1.54, 1.807) is 7.05 Å². The molecule has 1 aliphatic heterocycles. The maximum atomic E-state index is 8.99. The Morgan fingerprint density at radius 3 is 2.47 bits per heavy atom. The Bertz CT molecular complexity index is 422. The third kappa shape index (κ3) is 1.70. The average Bonchev–Trinajstić information content (AvgIpc) is 2.25. The van der Waals surface area contributed by atoms with Crippen LogP contribution in [0.15, 0.2) is 21.9 Å². The van der Waals surface area contributed by atoms with Crippen molar-refractivity contribution in [2.75, 3.05) is 7.05 Å². The number of nitrogens with two attached hydrogens (primary N) is 1. The number of likely N-dealkylation sites (N-methyl/N-ethyl adjacent to an activating group) is 1. The fourth-order valence-corrected chi connectivity index (χ4v) is 1.81. The molecule has 1 heterocycles. The minimum absolute atomic E-state index is 0.306. The lowest BCUT2D eigenvalue weighted by Crippen LogP contribution is -2.42. The topological polar surface area (TPSA) is 76.8 Å². The molecule has 0 amide bonds. The third-order valence-electron chi connectivity index (χ3n) is 2.44. The van der Waals surface area contributed by atoms with Crippen LogP contribution in [0.25, 0.3) is 0 Å². The van der Waals surface area contributed by atoms with E-state index in [1.807, 2.05) is 19.1 Å². The average molecular weight is 223 g/mol. The van der Waals surface area contributed by atoms with Crippen molar-refractivity contribution in [1.29, 1.82) is 10.5 Å². The van der Waals surface area contributed by atoms with Crippen LogP contribution in [-0.2, 0) is 0 Å². The maximum Gasteiger partial charge on any atom is 0.124 e. The van der Waals surface area contributed by atoms with Crippen molar-refractivity contribution in [3.8, 4) is 12.1 Å². The van der Waals surface area contributed by atoms with E-state index < -0.39 is 6.17 Å². The summed E-state index contributed by atoms with van der Waals surface area (Å²) < 4.78 is 0. The molecule has 0 spiro atoms. The fourth-order valence-electron chi connectivity index (χ4n) is 1.54. The van der Waals surface area contributed by atoms with Gasteiger partial charge in [-0.2, -0.15) is 10.5 Å². The van der Waals surface area contributed by atoms with Crippen LogP contribution in [0.4, 0.5) is 0 Å². The zero-order chi connectivity index (χ0) is 11.6. The summed E-state index contributed by atoms with van der Waals surface area (Å²) in [4.78, 5) is 1.53. The first kappa shape index (κ1) is 11.6. The fraction of sp³-hybridized carbons (Fsp3) is 0.400. The molecule has 0 saturated carbocycles. The van der Waals surface area contributed by atoms with Gasteiger partial charge in [0.05, 0.1) is 17.2 Å². The summed E-state index contributed by atoms with van der Waals surface area (Å²) in [5.74, 6) is 0. The van der Waals surface area contributed by atoms with Gasteiger partial charge in [0.1, 0.15) is 17.4 Å². The Morgan fingerprint density at radius 2 is 2.07 bits per heavy atom. The molecule has 1 atom stereocenters. The SMILES string of the molecule is CCC1=C(C#N)C(N)N(C)C(Cl)=C1C#N. The van der Waals surface area contributed by atoms with E-state index in [0.29, 0.717) is 28.3 Å². The Hall–Kier alpha value is -1.49. The number of allylic oxidation sites excluding steroid dienone is 2. The minimum atomic E-state index is -0.561. The van der Waals surface area contributed by atoms with Crippen LogP contribution < -0.4 is 5.73 Å². The Labute approximate surface area is 93.8 Å². The molecule has 0 bridgehead atoms. The van der Waals surface area contributed by atoms with Gasteiger partial charge < -0.3 is 10.6 Å². The molecule has 0 aromatic heterocycles. The zero-order valence-electron chi connectivity index (χ0n) is 8.58. The van der Waals surface area contributed by atoms with Gasteiger partial charge in [0, 0.05) is 7.05 Å². The standard InChI is InChI=1S/C10H11ClN4/c1-3-6-7(4-12)9(11)15(2)10(14)8(6)5-13/h10H,3,14H2,1-2H3. The van der Waals surface area contributed by atoms with Crippen molar-refractivity contribution in [3.05, 3.63) is 21.9 Å². The highest BCUT2D eigenvalue weighted by atomic mass is 35.5. The normalized spacial score (nSPS) is 21.5. The lowest BCUT2D eigenvalue weighted by atomic mass is 9.94. The molecule has 15 heavy (non-hydrogen) atoms. The second-order valence-electron chi connectivity index (χ2n) is 3.19. The van der Waals surface area contributed by atoms with Crippen LogP contribution in [-0.4, -0.2) is 18.1 Å². The van der Waals surface area contributed by atoms with E-state index in [1.165, 1.54) is 4.90 Å². The van der Waals surface area contributed by atoms with Crippen molar-refractivity contribution in [3.63, 3.8) is 0 Å². The highest BCUT2D eigenvalue weighted by molar-refractivity contribution is 6.30. The zero-order valence-corrected chi connectivity index (χ0v) is 9.34. The van der Waals surface area contributed by atoms with Crippen LogP contribution in [0.3, 0.4) is 0 Å².